The van der Waals surface area contributed by atoms with Crippen molar-refractivity contribution in [1.82, 2.24) is 9.13 Å². The number of pyridine rings is 1. The zero-order valence-corrected chi connectivity index (χ0v) is 16.5. The Morgan fingerprint density at radius 1 is 1.21 bits per heavy atom. The summed E-state index contributed by atoms with van der Waals surface area (Å²) >= 11 is 6.14. The molecule has 0 aliphatic rings. The lowest BCUT2D eigenvalue weighted by Crippen LogP contribution is -2.27. The second-order valence-electron chi connectivity index (χ2n) is 6.68. The molecule has 0 bridgehead atoms. The van der Waals surface area contributed by atoms with E-state index in [2.05, 4.69) is 0 Å². The number of aromatic nitrogens is 2. The van der Waals surface area contributed by atoms with Crippen LogP contribution in [0.25, 0.3) is 10.9 Å². The summed E-state index contributed by atoms with van der Waals surface area (Å²) in [7, 11) is 1.30. The van der Waals surface area contributed by atoms with E-state index in [1.807, 2.05) is 6.92 Å². The maximum atomic E-state index is 12.7. The van der Waals surface area contributed by atoms with Crippen LogP contribution in [0.3, 0.4) is 0 Å². The first-order chi connectivity index (χ1) is 13.6. The number of hydrogen-bond acceptors (Lipinski definition) is 3. The second kappa shape index (κ2) is 7.94. The van der Waals surface area contributed by atoms with E-state index >= 15 is 0 Å². The largest absolute Gasteiger partial charge is 0.468 e. The molecule has 0 aliphatic heterocycles. The van der Waals surface area contributed by atoms with Crippen LogP contribution in [0.15, 0.2) is 41.3 Å². The van der Waals surface area contributed by atoms with Crippen LogP contribution in [0.5, 0.6) is 0 Å². The number of alkyl halides is 3. The van der Waals surface area contributed by atoms with Crippen molar-refractivity contribution >= 4 is 28.5 Å². The summed E-state index contributed by atoms with van der Waals surface area (Å²) in [5.41, 5.74) is 2.15. The number of hydrogen-bond donors (Lipinski definition) is 0. The quantitative estimate of drug-likeness (QED) is 0.577. The Morgan fingerprint density at radius 3 is 2.59 bits per heavy atom. The van der Waals surface area contributed by atoms with Gasteiger partial charge in [-0.25, -0.2) is 0 Å². The van der Waals surface area contributed by atoms with E-state index in [-0.39, 0.29) is 13.0 Å². The first-order valence-electron chi connectivity index (χ1n) is 8.69. The molecule has 0 saturated carbocycles. The highest BCUT2D eigenvalue weighted by atomic mass is 35.5. The molecule has 0 unspecified atom stereocenters. The van der Waals surface area contributed by atoms with Crippen LogP contribution in [-0.4, -0.2) is 28.4 Å². The number of carbonyl (C=O) groups is 1. The number of methoxy groups -OCH3 is 1. The molecule has 0 amide bonds. The molecule has 0 N–H and O–H groups in total. The van der Waals surface area contributed by atoms with Crippen molar-refractivity contribution in [3.63, 3.8) is 0 Å². The lowest BCUT2D eigenvalue weighted by atomic mass is 10.0. The van der Waals surface area contributed by atoms with E-state index in [4.69, 9.17) is 16.3 Å². The first kappa shape index (κ1) is 21.0. The van der Waals surface area contributed by atoms with Crippen molar-refractivity contribution in [1.29, 1.82) is 0 Å². The van der Waals surface area contributed by atoms with Gasteiger partial charge in [0.25, 0.3) is 5.56 Å². The molecule has 1 aromatic carbocycles. The fourth-order valence-electron chi connectivity index (χ4n) is 3.35. The van der Waals surface area contributed by atoms with Crippen LogP contribution >= 0.6 is 11.6 Å². The normalized spacial score (nSPS) is 11.8. The zero-order chi connectivity index (χ0) is 21.3. The Bertz CT molecular complexity index is 1130. The molecule has 2 aromatic heterocycles. The molecule has 5 nitrogen and oxygen atoms in total. The third-order valence-corrected chi connectivity index (χ3v) is 4.94. The SMILES string of the molecule is COC(=O)Cn1c(C)c(Cc2ccc(=O)n(CC(F)(F)F)c2)c2cc(Cl)ccc21. The number of esters is 1. The second-order valence-corrected chi connectivity index (χ2v) is 7.12. The van der Waals surface area contributed by atoms with Gasteiger partial charge in [-0.3, -0.25) is 9.59 Å². The van der Waals surface area contributed by atoms with Crippen molar-refractivity contribution in [3.05, 3.63) is 68.7 Å². The van der Waals surface area contributed by atoms with Crippen LogP contribution in [0.2, 0.25) is 5.02 Å². The molecule has 0 atom stereocenters. The predicted molar refractivity (Wildman–Crippen MR) is 103 cm³/mol. The zero-order valence-electron chi connectivity index (χ0n) is 15.7. The summed E-state index contributed by atoms with van der Waals surface area (Å²) in [5.74, 6) is -0.426. The molecule has 2 heterocycles. The van der Waals surface area contributed by atoms with Crippen molar-refractivity contribution in [2.75, 3.05) is 7.11 Å². The van der Waals surface area contributed by atoms with Gasteiger partial charge in [-0.2, -0.15) is 13.2 Å². The van der Waals surface area contributed by atoms with Crippen LogP contribution in [0, 0.1) is 6.92 Å². The van der Waals surface area contributed by atoms with E-state index in [0.29, 0.717) is 15.2 Å². The van der Waals surface area contributed by atoms with E-state index in [0.717, 1.165) is 28.2 Å². The van der Waals surface area contributed by atoms with Gasteiger partial charge >= 0.3 is 12.1 Å². The topological polar surface area (TPSA) is 53.2 Å². The summed E-state index contributed by atoms with van der Waals surface area (Å²) in [6, 6.07) is 7.85. The van der Waals surface area contributed by atoms with Gasteiger partial charge in [0.05, 0.1) is 7.11 Å². The molecule has 0 radical (unpaired) electrons. The van der Waals surface area contributed by atoms with Crippen LogP contribution in [0.4, 0.5) is 13.2 Å². The van der Waals surface area contributed by atoms with Crippen LogP contribution in [-0.2, 0) is 29.0 Å². The maximum absolute atomic E-state index is 12.7. The van der Waals surface area contributed by atoms with Gasteiger partial charge in [0.15, 0.2) is 0 Å². The smallest absolute Gasteiger partial charge is 0.406 e. The Kier molecular flexibility index (Phi) is 5.75. The number of carbonyl (C=O) groups excluding carboxylic acids is 1. The predicted octanol–water partition coefficient (Wildman–Crippen LogP) is 4.09. The number of ether oxygens (including phenoxy) is 1. The van der Waals surface area contributed by atoms with Gasteiger partial charge in [0.2, 0.25) is 0 Å². The molecule has 0 aliphatic carbocycles. The summed E-state index contributed by atoms with van der Waals surface area (Å²) in [5, 5.41) is 1.28. The Morgan fingerprint density at radius 2 is 1.93 bits per heavy atom. The van der Waals surface area contributed by atoms with Crippen molar-refractivity contribution in [2.45, 2.75) is 32.6 Å². The van der Waals surface area contributed by atoms with Crippen LogP contribution < -0.4 is 5.56 Å². The third kappa shape index (κ3) is 4.64. The van der Waals surface area contributed by atoms with E-state index < -0.39 is 24.2 Å². The van der Waals surface area contributed by atoms with E-state index in [1.54, 1.807) is 22.8 Å². The highest BCUT2D eigenvalue weighted by Gasteiger charge is 2.28. The Hall–Kier alpha value is -2.74. The first-order valence-corrected chi connectivity index (χ1v) is 9.07. The van der Waals surface area contributed by atoms with Gasteiger partial charge in [0, 0.05) is 40.3 Å². The Balaban J connectivity index is 2.08. The lowest BCUT2D eigenvalue weighted by Gasteiger charge is -2.11. The number of benzene rings is 1. The maximum Gasteiger partial charge on any atom is 0.406 e. The fraction of sp³-hybridized carbons (Fsp3) is 0.300. The molecule has 9 heteroatoms. The third-order valence-electron chi connectivity index (χ3n) is 4.71. The monoisotopic (exact) mass is 426 g/mol. The number of halogens is 4. The summed E-state index contributed by atoms with van der Waals surface area (Å²) in [6.07, 6.45) is -3.01. The van der Waals surface area contributed by atoms with Crippen molar-refractivity contribution < 1.29 is 22.7 Å². The minimum Gasteiger partial charge on any atom is -0.468 e. The van der Waals surface area contributed by atoms with Crippen molar-refractivity contribution in [2.24, 2.45) is 0 Å². The summed E-state index contributed by atoms with van der Waals surface area (Å²) in [6.45, 7) is 0.459. The highest BCUT2D eigenvalue weighted by molar-refractivity contribution is 6.31. The highest BCUT2D eigenvalue weighted by Crippen LogP contribution is 2.30. The average Bonchev–Trinajstić information content (AvgIpc) is 2.88. The molecule has 154 valence electrons. The summed E-state index contributed by atoms with van der Waals surface area (Å²) < 4.78 is 45.4. The van der Waals surface area contributed by atoms with E-state index in [1.165, 1.54) is 19.4 Å². The van der Waals surface area contributed by atoms with Gasteiger partial charge in [0.1, 0.15) is 13.1 Å². The average molecular weight is 427 g/mol. The molecule has 0 spiro atoms. The van der Waals surface area contributed by atoms with Crippen LogP contribution in [0.1, 0.15) is 16.8 Å². The van der Waals surface area contributed by atoms with Gasteiger partial charge < -0.3 is 13.9 Å². The van der Waals surface area contributed by atoms with Gasteiger partial charge in [-0.1, -0.05) is 17.7 Å². The molecule has 3 aromatic rings. The molecule has 3 rings (SSSR count). The standard InChI is InChI=1S/C20H18ClF3N2O3/c1-12-15(7-13-3-6-18(27)25(9-13)11-20(22,23)24)16-8-14(21)4-5-17(16)26(12)10-19(28)29-2/h3-6,8-9H,7,10-11H2,1-2H3. The number of fused-ring (bicyclic) bond motifs is 1. The summed E-state index contributed by atoms with van der Waals surface area (Å²) in [4.78, 5) is 23.6. The van der Waals surface area contributed by atoms with E-state index in [9.17, 15) is 22.8 Å². The lowest BCUT2D eigenvalue weighted by molar-refractivity contribution is -0.142. The minimum absolute atomic E-state index is 0.00592. The molecule has 0 fully saturated rings. The van der Waals surface area contributed by atoms with Crippen molar-refractivity contribution in [3.8, 4) is 0 Å². The number of rotatable bonds is 5. The van der Waals surface area contributed by atoms with Gasteiger partial charge in [-0.05, 0) is 36.2 Å². The molecule has 29 heavy (non-hydrogen) atoms. The molecular weight excluding hydrogens is 409 g/mol. The minimum atomic E-state index is -4.50. The Labute approximate surface area is 169 Å². The fourth-order valence-corrected chi connectivity index (χ4v) is 3.52. The van der Waals surface area contributed by atoms with Gasteiger partial charge in [-0.15, -0.1) is 0 Å². The molecular formula is C20H18ClF3N2O3. The molecule has 0 saturated heterocycles. The number of nitrogens with zero attached hydrogens (tertiary/aromatic N) is 2.